The van der Waals surface area contributed by atoms with Gasteiger partial charge in [0, 0.05) is 13.1 Å². The van der Waals surface area contributed by atoms with Crippen LogP contribution in [0.2, 0.25) is 0 Å². The lowest BCUT2D eigenvalue weighted by Crippen LogP contribution is -2.30. The quantitative estimate of drug-likeness (QED) is 0.804. The van der Waals surface area contributed by atoms with Crippen molar-refractivity contribution in [3.63, 3.8) is 0 Å². The summed E-state index contributed by atoms with van der Waals surface area (Å²) in [5, 5.41) is 6.63. The van der Waals surface area contributed by atoms with Gasteiger partial charge in [-0.2, -0.15) is 0 Å². The predicted molar refractivity (Wildman–Crippen MR) is 89.8 cm³/mol. The maximum Gasteiger partial charge on any atom is 0.224 e. The molecule has 7 heteroatoms. The first-order valence-corrected chi connectivity index (χ1v) is 7.20. The van der Waals surface area contributed by atoms with Crippen molar-refractivity contribution in [2.24, 2.45) is 5.73 Å². The van der Waals surface area contributed by atoms with Gasteiger partial charge in [-0.05, 0) is 31.5 Å². The van der Waals surface area contributed by atoms with Gasteiger partial charge in [0.1, 0.15) is 18.1 Å². The first-order valence-electron chi connectivity index (χ1n) is 7.20. The van der Waals surface area contributed by atoms with Crippen LogP contribution in [-0.4, -0.2) is 24.2 Å². The zero-order valence-electron chi connectivity index (χ0n) is 13.3. The minimum atomic E-state index is -0.0326. The molecule has 0 spiro atoms. The average molecular weight is 340 g/mol. The normalized spacial score (nSPS) is 10.0. The van der Waals surface area contributed by atoms with Crippen molar-refractivity contribution in [1.29, 1.82) is 0 Å². The Morgan fingerprint density at radius 1 is 1.30 bits per heavy atom. The molecule has 1 amide bonds. The molecular formula is C16H22ClN3O3. The predicted octanol–water partition coefficient (Wildman–Crippen LogP) is 1.91. The number of aryl methyl sites for hydroxylation is 2. The standard InChI is InChI=1S/C16H21N3O3.ClH/c1-11-15(12(2)22-19-11)10-21-14-5-3-13(4-6-14)9-16(20)18-8-7-17;/h3-6H,7-10,17H2,1-2H3,(H,18,20);1H. The Hall–Kier alpha value is -2.05. The Labute approximate surface area is 141 Å². The summed E-state index contributed by atoms with van der Waals surface area (Å²) in [6.45, 7) is 5.11. The molecule has 1 heterocycles. The van der Waals surface area contributed by atoms with Crippen LogP contribution in [0.15, 0.2) is 28.8 Å². The molecule has 0 aliphatic heterocycles. The summed E-state index contributed by atoms with van der Waals surface area (Å²) in [5.74, 6) is 1.48. The molecule has 0 atom stereocenters. The highest BCUT2D eigenvalue weighted by molar-refractivity contribution is 5.85. The minimum absolute atomic E-state index is 0. The van der Waals surface area contributed by atoms with Gasteiger partial charge in [0.05, 0.1) is 17.7 Å². The highest BCUT2D eigenvalue weighted by atomic mass is 35.5. The van der Waals surface area contributed by atoms with Crippen LogP contribution >= 0.6 is 12.4 Å². The summed E-state index contributed by atoms with van der Waals surface area (Å²) in [4.78, 5) is 11.6. The van der Waals surface area contributed by atoms with E-state index in [1.807, 2.05) is 38.1 Å². The molecule has 0 radical (unpaired) electrons. The first kappa shape index (κ1) is 19.0. The molecule has 6 nitrogen and oxygen atoms in total. The SMILES string of the molecule is Cc1noc(C)c1COc1ccc(CC(=O)NCCN)cc1.Cl. The van der Waals surface area contributed by atoms with Crippen molar-refractivity contribution >= 4 is 18.3 Å². The van der Waals surface area contributed by atoms with Gasteiger partial charge in [-0.15, -0.1) is 12.4 Å². The average Bonchev–Trinajstić information content (AvgIpc) is 2.83. The fourth-order valence-electron chi connectivity index (χ4n) is 2.03. The number of carbonyl (C=O) groups is 1. The number of halogens is 1. The molecule has 0 aliphatic rings. The molecule has 2 aromatic rings. The fourth-order valence-corrected chi connectivity index (χ4v) is 2.03. The van der Waals surface area contributed by atoms with E-state index in [1.54, 1.807) is 0 Å². The third kappa shape index (κ3) is 5.58. The molecule has 1 aromatic heterocycles. The van der Waals surface area contributed by atoms with Crippen molar-refractivity contribution in [1.82, 2.24) is 10.5 Å². The number of amides is 1. The van der Waals surface area contributed by atoms with Crippen LogP contribution in [-0.2, 0) is 17.8 Å². The molecule has 0 saturated heterocycles. The summed E-state index contributed by atoms with van der Waals surface area (Å²) < 4.78 is 10.8. The van der Waals surface area contributed by atoms with Gasteiger partial charge >= 0.3 is 0 Å². The summed E-state index contributed by atoms with van der Waals surface area (Å²) in [5.41, 5.74) is 8.07. The number of nitrogens with one attached hydrogen (secondary N) is 1. The number of benzene rings is 1. The van der Waals surface area contributed by atoms with Crippen LogP contribution in [0.3, 0.4) is 0 Å². The summed E-state index contributed by atoms with van der Waals surface area (Å²) in [6, 6.07) is 7.46. The number of hydrogen-bond acceptors (Lipinski definition) is 5. The Kier molecular flexibility index (Phi) is 7.57. The van der Waals surface area contributed by atoms with E-state index >= 15 is 0 Å². The molecule has 1 aromatic carbocycles. The van der Waals surface area contributed by atoms with Gasteiger partial charge in [-0.25, -0.2) is 0 Å². The number of rotatable bonds is 7. The number of carbonyl (C=O) groups excluding carboxylic acids is 1. The zero-order valence-corrected chi connectivity index (χ0v) is 14.1. The van der Waals surface area contributed by atoms with Crippen molar-refractivity contribution in [2.75, 3.05) is 13.1 Å². The fraction of sp³-hybridized carbons (Fsp3) is 0.375. The Balaban J connectivity index is 0.00000264. The van der Waals surface area contributed by atoms with E-state index < -0.39 is 0 Å². The van der Waals surface area contributed by atoms with Crippen molar-refractivity contribution in [2.45, 2.75) is 26.9 Å². The van der Waals surface area contributed by atoms with E-state index in [9.17, 15) is 4.79 Å². The number of ether oxygens (including phenoxy) is 1. The van der Waals surface area contributed by atoms with Crippen LogP contribution in [0, 0.1) is 13.8 Å². The Bertz CT molecular complexity index is 607. The van der Waals surface area contributed by atoms with Gasteiger partial charge < -0.3 is 20.3 Å². The van der Waals surface area contributed by atoms with Crippen molar-refractivity contribution < 1.29 is 14.1 Å². The first-order chi connectivity index (χ1) is 10.6. The molecule has 3 N–H and O–H groups in total. The van der Waals surface area contributed by atoms with Crippen molar-refractivity contribution in [3.8, 4) is 5.75 Å². The third-order valence-corrected chi connectivity index (χ3v) is 3.32. The van der Waals surface area contributed by atoms with Crippen LogP contribution in [0.1, 0.15) is 22.6 Å². The molecule has 0 unspecified atom stereocenters. The highest BCUT2D eigenvalue weighted by Gasteiger charge is 2.09. The molecule has 0 saturated carbocycles. The molecule has 0 fully saturated rings. The third-order valence-electron chi connectivity index (χ3n) is 3.32. The van der Waals surface area contributed by atoms with Gasteiger partial charge in [0.25, 0.3) is 0 Å². The largest absolute Gasteiger partial charge is 0.489 e. The second kappa shape index (κ2) is 9.17. The maximum atomic E-state index is 11.6. The maximum absolute atomic E-state index is 11.6. The number of nitrogens with zero attached hydrogens (tertiary/aromatic N) is 1. The zero-order chi connectivity index (χ0) is 15.9. The molecular weight excluding hydrogens is 318 g/mol. The second-order valence-corrected chi connectivity index (χ2v) is 5.05. The molecule has 126 valence electrons. The van der Waals surface area contributed by atoms with Crippen LogP contribution in [0.4, 0.5) is 0 Å². The van der Waals surface area contributed by atoms with E-state index in [0.29, 0.717) is 26.1 Å². The van der Waals surface area contributed by atoms with Crippen LogP contribution in [0.25, 0.3) is 0 Å². The molecule has 2 rings (SSSR count). The second-order valence-electron chi connectivity index (χ2n) is 5.05. The number of hydrogen-bond donors (Lipinski definition) is 2. The van der Waals surface area contributed by atoms with E-state index in [-0.39, 0.29) is 18.3 Å². The Morgan fingerprint density at radius 2 is 2.00 bits per heavy atom. The van der Waals surface area contributed by atoms with Crippen molar-refractivity contribution in [3.05, 3.63) is 46.8 Å². The van der Waals surface area contributed by atoms with E-state index in [2.05, 4.69) is 10.5 Å². The summed E-state index contributed by atoms with van der Waals surface area (Å²) >= 11 is 0. The minimum Gasteiger partial charge on any atom is -0.489 e. The lowest BCUT2D eigenvalue weighted by Gasteiger charge is -2.07. The topological polar surface area (TPSA) is 90.4 Å². The number of nitrogens with two attached hydrogens (primary N) is 1. The smallest absolute Gasteiger partial charge is 0.224 e. The van der Waals surface area contributed by atoms with E-state index in [1.165, 1.54) is 0 Å². The van der Waals surface area contributed by atoms with Crippen LogP contribution in [0.5, 0.6) is 5.75 Å². The van der Waals surface area contributed by atoms with E-state index in [0.717, 1.165) is 28.3 Å². The molecule has 0 bridgehead atoms. The number of aromatic nitrogens is 1. The summed E-state index contributed by atoms with van der Waals surface area (Å²) in [6.07, 6.45) is 0.337. The van der Waals surface area contributed by atoms with Gasteiger partial charge in [-0.1, -0.05) is 17.3 Å². The van der Waals surface area contributed by atoms with Gasteiger partial charge in [0.15, 0.2) is 0 Å². The molecule has 23 heavy (non-hydrogen) atoms. The van der Waals surface area contributed by atoms with Gasteiger partial charge in [-0.3, -0.25) is 4.79 Å². The lowest BCUT2D eigenvalue weighted by molar-refractivity contribution is -0.120. The monoisotopic (exact) mass is 339 g/mol. The van der Waals surface area contributed by atoms with Gasteiger partial charge in [0.2, 0.25) is 5.91 Å². The summed E-state index contributed by atoms with van der Waals surface area (Å²) in [7, 11) is 0. The Morgan fingerprint density at radius 3 is 2.57 bits per heavy atom. The highest BCUT2D eigenvalue weighted by Crippen LogP contribution is 2.18. The van der Waals surface area contributed by atoms with Crippen LogP contribution < -0.4 is 15.8 Å². The molecule has 0 aliphatic carbocycles. The van der Waals surface area contributed by atoms with E-state index in [4.69, 9.17) is 15.0 Å². The lowest BCUT2D eigenvalue weighted by atomic mass is 10.1.